The lowest BCUT2D eigenvalue weighted by molar-refractivity contribution is -0.125. The van der Waals surface area contributed by atoms with Gasteiger partial charge in [-0.25, -0.2) is 4.98 Å². The number of carbonyl (C=O) groups excluding carboxylic acids is 1. The fourth-order valence-electron chi connectivity index (χ4n) is 3.38. The topological polar surface area (TPSA) is 62.7 Å². The number of hydrogen-bond acceptors (Lipinski definition) is 2. The summed E-state index contributed by atoms with van der Waals surface area (Å²) in [5, 5.41) is 4.33. The fourth-order valence-corrected chi connectivity index (χ4v) is 3.38. The Labute approximate surface area is 134 Å². The van der Waals surface area contributed by atoms with Crippen molar-refractivity contribution in [3.05, 3.63) is 54.2 Å². The summed E-state index contributed by atoms with van der Waals surface area (Å²) in [4.78, 5) is 20.0. The second kappa shape index (κ2) is 5.91. The first kappa shape index (κ1) is 14.1. The first-order valence-electron chi connectivity index (χ1n) is 8.14. The number of aromatic amines is 1. The molecule has 1 aromatic carbocycles. The van der Waals surface area contributed by atoms with E-state index in [0.29, 0.717) is 6.54 Å². The first-order valence-corrected chi connectivity index (χ1v) is 8.14. The van der Waals surface area contributed by atoms with Crippen LogP contribution in [0.25, 0.3) is 10.9 Å². The van der Waals surface area contributed by atoms with Gasteiger partial charge in [-0.3, -0.25) is 4.79 Å². The van der Waals surface area contributed by atoms with Crippen LogP contribution in [0.3, 0.4) is 0 Å². The summed E-state index contributed by atoms with van der Waals surface area (Å²) >= 11 is 0. The second-order valence-corrected chi connectivity index (χ2v) is 6.13. The van der Waals surface area contributed by atoms with Gasteiger partial charge < -0.3 is 14.9 Å². The maximum Gasteiger partial charge on any atom is 0.223 e. The van der Waals surface area contributed by atoms with Gasteiger partial charge in [-0.05, 0) is 24.5 Å². The van der Waals surface area contributed by atoms with Gasteiger partial charge in [0.15, 0.2) is 0 Å². The molecule has 0 bridgehead atoms. The normalized spacial score (nSPS) is 17.1. The van der Waals surface area contributed by atoms with E-state index in [1.54, 1.807) is 0 Å². The zero-order chi connectivity index (χ0) is 15.6. The van der Waals surface area contributed by atoms with E-state index >= 15 is 0 Å². The van der Waals surface area contributed by atoms with E-state index in [-0.39, 0.29) is 11.8 Å². The smallest absolute Gasteiger partial charge is 0.223 e. The van der Waals surface area contributed by atoms with Crippen molar-refractivity contribution in [1.29, 1.82) is 0 Å². The van der Waals surface area contributed by atoms with Crippen molar-refractivity contribution in [3.8, 4) is 0 Å². The van der Waals surface area contributed by atoms with Crippen LogP contribution in [0.15, 0.2) is 42.9 Å². The molecule has 1 atom stereocenters. The number of rotatable bonds is 4. The Kier molecular flexibility index (Phi) is 3.61. The van der Waals surface area contributed by atoms with Crippen molar-refractivity contribution in [1.82, 2.24) is 19.9 Å². The largest absolute Gasteiger partial charge is 0.361 e. The molecule has 1 aliphatic rings. The number of carbonyl (C=O) groups is 1. The molecular weight excluding hydrogens is 288 g/mol. The predicted octanol–water partition coefficient (Wildman–Crippen LogP) is 2.29. The number of nitrogens with zero attached hydrogens (tertiary/aromatic N) is 2. The summed E-state index contributed by atoms with van der Waals surface area (Å²) < 4.78 is 2.13. The van der Waals surface area contributed by atoms with Gasteiger partial charge in [0.2, 0.25) is 5.91 Å². The predicted molar refractivity (Wildman–Crippen MR) is 89.1 cm³/mol. The van der Waals surface area contributed by atoms with E-state index in [2.05, 4.69) is 32.0 Å². The molecule has 3 aromatic rings. The van der Waals surface area contributed by atoms with Crippen LogP contribution in [0.2, 0.25) is 0 Å². The summed E-state index contributed by atoms with van der Waals surface area (Å²) in [6.07, 6.45) is 8.31. The molecule has 0 saturated carbocycles. The molecule has 5 heteroatoms. The Bertz CT molecular complexity index is 832. The maximum atomic E-state index is 12.4. The summed E-state index contributed by atoms with van der Waals surface area (Å²) in [7, 11) is 0. The molecule has 0 radical (unpaired) electrons. The van der Waals surface area contributed by atoms with Crippen molar-refractivity contribution in [3.63, 3.8) is 0 Å². The minimum atomic E-state index is 0.0490. The van der Waals surface area contributed by atoms with Gasteiger partial charge in [-0.2, -0.15) is 0 Å². The van der Waals surface area contributed by atoms with Crippen LogP contribution < -0.4 is 5.32 Å². The highest BCUT2D eigenvalue weighted by molar-refractivity contribution is 5.83. The monoisotopic (exact) mass is 308 g/mol. The molecular formula is C18H20N4O. The minimum absolute atomic E-state index is 0.0490. The Balaban J connectivity index is 1.34. The summed E-state index contributed by atoms with van der Waals surface area (Å²) in [5.74, 6) is 1.22. The molecule has 23 heavy (non-hydrogen) atoms. The van der Waals surface area contributed by atoms with Gasteiger partial charge in [-0.1, -0.05) is 18.2 Å². The van der Waals surface area contributed by atoms with Gasteiger partial charge in [0.05, 0.1) is 0 Å². The van der Waals surface area contributed by atoms with E-state index < -0.39 is 0 Å². The molecule has 118 valence electrons. The number of H-pyrrole nitrogens is 1. The van der Waals surface area contributed by atoms with Crippen molar-refractivity contribution in [2.24, 2.45) is 5.92 Å². The molecule has 1 aliphatic heterocycles. The van der Waals surface area contributed by atoms with Gasteiger partial charge in [0.25, 0.3) is 0 Å². The van der Waals surface area contributed by atoms with E-state index in [0.717, 1.165) is 37.1 Å². The van der Waals surface area contributed by atoms with Crippen LogP contribution in [0.5, 0.6) is 0 Å². The van der Waals surface area contributed by atoms with E-state index in [1.807, 2.05) is 30.7 Å². The molecule has 0 spiro atoms. The lowest BCUT2D eigenvalue weighted by Gasteiger charge is -2.22. The number of nitrogens with one attached hydrogen (secondary N) is 2. The van der Waals surface area contributed by atoms with Crippen LogP contribution in [0, 0.1) is 5.92 Å². The molecule has 5 nitrogen and oxygen atoms in total. The third-order valence-electron chi connectivity index (χ3n) is 4.69. The summed E-state index contributed by atoms with van der Waals surface area (Å²) in [5.41, 5.74) is 2.40. The van der Waals surface area contributed by atoms with Crippen molar-refractivity contribution < 1.29 is 4.79 Å². The number of fused-ring (bicyclic) bond motifs is 2. The number of aryl methyl sites for hydroxylation is 1. The number of para-hydroxylation sites is 1. The van der Waals surface area contributed by atoms with Crippen LogP contribution in [0.1, 0.15) is 17.8 Å². The van der Waals surface area contributed by atoms with Crippen molar-refractivity contribution in [2.45, 2.75) is 25.8 Å². The Hall–Kier alpha value is -2.56. The van der Waals surface area contributed by atoms with E-state index in [9.17, 15) is 4.79 Å². The maximum absolute atomic E-state index is 12.4. The average molecular weight is 308 g/mol. The van der Waals surface area contributed by atoms with E-state index in [1.165, 1.54) is 10.9 Å². The lowest BCUT2D eigenvalue weighted by Crippen LogP contribution is -2.36. The zero-order valence-corrected chi connectivity index (χ0v) is 13.0. The zero-order valence-electron chi connectivity index (χ0n) is 13.0. The quantitative estimate of drug-likeness (QED) is 0.777. The van der Waals surface area contributed by atoms with Crippen molar-refractivity contribution in [2.75, 3.05) is 6.54 Å². The van der Waals surface area contributed by atoms with Gasteiger partial charge in [0.1, 0.15) is 5.82 Å². The van der Waals surface area contributed by atoms with Crippen LogP contribution in [-0.2, 0) is 24.2 Å². The molecule has 1 unspecified atom stereocenters. The van der Waals surface area contributed by atoms with Gasteiger partial charge in [0, 0.05) is 54.9 Å². The second-order valence-electron chi connectivity index (χ2n) is 6.13. The summed E-state index contributed by atoms with van der Waals surface area (Å²) in [6, 6.07) is 8.26. The van der Waals surface area contributed by atoms with Gasteiger partial charge >= 0.3 is 0 Å². The Morgan fingerprint density at radius 2 is 2.30 bits per heavy atom. The number of hydrogen-bond donors (Lipinski definition) is 2. The van der Waals surface area contributed by atoms with Gasteiger partial charge in [-0.15, -0.1) is 0 Å². The SMILES string of the molecule is O=C(NCCc1c[nH]c2ccccc12)C1CCn2ccnc2C1. The summed E-state index contributed by atoms with van der Waals surface area (Å²) in [6.45, 7) is 1.56. The van der Waals surface area contributed by atoms with E-state index in [4.69, 9.17) is 0 Å². The minimum Gasteiger partial charge on any atom is -0.361 e. The molecule has 4 rings (SSSR count). The number of aromatic nitrogens is 3. The molecule has 2 aromatic heterocycles. The fraction of sp³-hybridized carbons (Fsp3) is 0.333. The third-order valence-corrected chi connectivity index (χ3v) is 4.69. The lowest BCUT2D eigenvalue weighted by atomic mass is 9.97. The average Bonchev–Trinajstić information content (AvgIpc) is 3.21. The Morgan fingerprint density at radius 1 is 1.39 bits per heavy atom. The van der Waals surface area contributed by atoms with Crippen LogP contribution in [0.4, 0.5) is 0 Å². The highest BCUT2D eigenvalue weighted by Crippen LogP contribution is 2.20. The molecule has 3 heterocycles. The van der Waals surface area contributed by atoms with Crippen LogP contribution >= 0.6 is 0 Å². The number of imidazole rings is 1. The number of benzene rings is 1. The Morgan fingerprint density at radius 3 is 3.26 bits per heavy atom. The van der Waals surface area contributed by atoms with Crippen LogP contribution in [-0.4, -0.2) is 27.0 Å². The molecule has 0 fully saturated rings. The molecule has 0 saturated heterocycles. The molecule has 1 amide bonds. The highest BCUT2D eigenvalue weighted by atomic mass is 16.1. The molecule has 2 N–H and O–H groups in total. The number of amides is 1. The first-order chi connectivity index (χ1) is 11.3. The highest BCUT2D eigenvalue weighted by Gasteiger charge is 2.24. The molecule has 0 aliphatic carbocycles. The third kappa shape index (κ3) is 2.74. The van der Waals surface area contributed by atoms with Crippen molar-refractivity contribution >= 4 is 16.8 Å². The standard InChI is InChI=1S/C18H20N4O/c23-18(13-6-9-22-10-8-19-17(22)11-13)20-7-5-14-12-21-16-4-2-1-3-15(14)16/h1-4,8,10,12-13,21H,5-7,9,11H2,(H,20,23).